The molecule has 0 fully saturated rings. The number of pyridine rings is 1. The molecule has 0 atom stereocenters. The first-order chi connectivity index (χ1) is 6.60. The van der Waals surface area contributed by atoms with Gasteiger partial charge in [0, 0.05) is 6.07 Å². The van der Waals surface area contributed by atoms with Crippen LogP contribution in [0.2, 0.25) is 0 Å². The summed E-state index contributed by atoms with van der Waals surface area (Å²) in [5, 5.41) is 9.29. The molecule has 0 saturated carbocycles. The molecule has 6 heteroatoms. The van der Waals surface area contributed by atoms with Crippen molar-refractivity contribution in [3.8, 4) is 11.6 Å². The van der Waals surface area contributed by atoms with Crippen LogP contribution in [-0.4, -0.2) is 30.3 Å². The Hall–Kier alpha value is -1.30. The minimum atomic E-state index is -0.614. The normalized spacial score (nSPS) is 9.64. The van der Waals surface area contributed by atoms with E-state index in [1.807, 2.05) is 0 Å². The van der Waals surface area contributed by atoms with Crippen molar-refractivity contribution >= 4 is 21.9 Å². The predicted molar refractivity (Wildman–Crippen MR) is 51.5 cm³/mol. The van der Waals surface area contributed by atoms with Crippen LogP contribution in [0.25, 0.3) is 0 Å². The van der Waals surface area contributed by atoms with Crippen molar-refractivity contribution in [2.45, 2.75) is 0 Å². The minimum Gasteiger partial charge on any atom is -0.505 e. The van der Waals surface area contributed by atoms with Crippen molar-refractivity contribution in [2.24, 2.45) is 0 Å². The van der Waals surface area contributed by atoms with Crippen LogP contribution in [0, 0.1) is 0 Å². The van der Waals surface area contributed by atoms with Gasteiger partial charge < -0.3 is 14.6 Å². The van der Waals surface area contributed by atoms with Gasteiger partial charge in [-0.25, -0.2) is 9.78 Å². The summed E-state index contributed by atoms with van der Waals surface area (Å²) in [5.41, 5.74) is 0.0794. The average molecular weight is 262 g/mol. The maximum absolute atomic E-state index is 11.2. The highest BCUT2D eigenvalue weighted by Gasteiger charge is 2.17. The Morgan fingerprint density at radius 3 is 2.71 bits per heavy atom. The molecule has 0 aliphatic rings. The van der Waals surface area contributed by atoms with Crippen LogP contribution >= 0.6 is 15.9 Å². The van der Waals surface area contributed by atoms with Crippen LogP contribution in [0.3, 0.4) is 0 Å². The molecular weight excluding hydrogens is 254 g/mol. The number of hydrogen-bond donors (Lipinski definition) is 1. The molecule has 0 saturated heterocycles. The van der Waals surface area contributed by atoms with Crippen LogP contribution in [0.15, 0.2) is 10.7 Å². The first-order valence-electron chi connectivity index (χ1n) is 3.62. The number of carbonyl (C=O) groups is 1. The number of rotatable bonds is 2. The molecule has 5 nitrogen and oxygen atoms in total. The molecule has 0 aliphatic heterocycles. The Morgan fingerprint density at radius 2 is 2.21 bits per heavy atom. The molecule has 1 N–H and O–H groups in total. The molecule has 76 valence electrons. The fourth-order valence-corrected chi connectivity index (χ4v) is 1.15. The summed E-state index contributed by atoms with van der Waals surface area (Å²) in [6.45, 7) is 0. The molecule has 0 aliphatic carbocycles. The lowest BCUT2D eigenvalue weighted by molar-refractivity contribution is 0.0595. The van der Waals surface area contributed by atoms with Crippen LogP contribution in [0.1, 0.15) is 10.4 Å². The second kappa shape index (κ2) is 4.28. The third-order valence-electron chi connectivity index (χ3n) is 1.52. The number of methoxy groups -OCH3 is 2. The molecule has 1 aromatic heterocycles. The highest BCUT2D eigenvalue weighted by Crippen LogP contribution is 2.28. The van der Waals surface area contributed by atoms with E-state index in [2.05, 4.69) is 25.7 Å². The zero-order valence-corrected chi connectivity index (χ0v) is 9.16. The van der Waals surface area contributed by atoms with E-state index in [1.165, 1.54) is 20.3 Å². The van der Waals surface area contributed by atoms with Gasteiger partial charge in [0.25, 0.3) is 0 Å². The van der Waals surface area contributed by atoms with E-state index in [0.29, 0.717) is 0 Å². The fraction of sp³-hybridized carbons (Fsp3) is 0.250. The largest absolute Gasteiger partial charge is 0.505 e. The van der Waals surface area contributed by atoms with Crippen LogP contribution in [0.5, 0.6) is 11.6 Å². The third kappa shape index (κ3) is 1.95. The van der Waals surface area contributed by atoms with E-state index in [9.17, 15) is 9.90 Å². The Kier molecular flexibility index (Phi) is 3.29. The summed E-state index contributed by atoms with van der Waals surface area (Å²) in [7, 11) is 2.61. The summed E-state index contributed by atoms with van der Waals surface area (Å²) in [6, 6.07) is 1.22. The van der Waals surface area contributed by atoms with Crippen LogP contribution < -0.4 is 4.74 Å². The van der Waals surface area contributed by atoms with E-state index < -0.39 is 5.97 Å². The van der Waals surface area contributed by atoms with Gasteiger partial charge in [-0.15, -0.1) is 0 Å². The van der Waals surface area contributed by atoms with E-state index >= 15 is 0 Å². The number of aromatic hydroxyl groups is 1. The second-order valence-corrected chi connectivity index (χ2v) is 3.10. The average Bonchev–Trinajstić information content (AvgIpc) is 2.20. The Bertz CT molecular complexity index is 367. The predicted octanol–water partition coefficient (Wildman–Crippen LogP) is 1.34. The number of hydrogen-bond acceptors (Lipinski definition) is 5. The van der Waals surface area contributed by atoms with Crippen LogP contribution in [0.4, 0.5) is 0 Å². The zero-order valence-electron chi connectivity index (χ0n) is 7.57. The van der Waals surface area contributed by atoms with Crippen molar-refractivity contribution in [1.29, 1.82) is 0 Å². The number of carbonyl (C=O) groups excluding carboxylic acids is 1. The second-order valence-electron chi connectivity index (χ2n) is 2.35. The van der Waals surface area contributed by atoms with E-state index in [-0.39, 0.29) is 21.8 Å². The van der Waals surface area contributed by atoms with E-state index in [1.54, 1.807) is 0 Å². The number of aromatic nitrogens is 1. The van der Waals surface area contributed by atoms with Gasteiger partial charge in [-0.3, -0.25) is 0 Å². The molecule has 0 aromatic carbocycles. The maximum atomic E-state index is 11.2. The van der Waals surface area contributed by atoms with Gasteiger partial charge in [-0.05, 0) is 15.9 Å². The molecule has 0 amide bonds. The quantitative estimate of drug-likeness (QED) is 0.643. The van der Waals surface area contributed by atoms with Gasteiger partial charge in [0.2, 0.25) is 5.88 Å². The Morgan fingerprint density at radius 1 is 1.57 bits per heavy atom. The van der Waals surface area contributed by atoms with E-state index in [4.69, 9.17) is 4.74 Å². The molecule has 1 heterocycles. The number of ether oxygens (including phenoxy) is 2. The summed E-state index contributed by atoms with van der Waals surface area (Å²) in [5.74, 6) is -0.662. The van der Waals surface area contributed by atoms with Gasteiger partial charge in [0.1, 0.15) is 11.3 Å². The minimum absolute atomic E-state index is 0.0794. The van der Waals surface area contributed by atoms with Crippen molar-refractivity contribution in [2.75, 3.05) is 14.2 Å². The molecule has 0 unspecified atom stereocenters. The van der Waals surface area contributed by atoms with Gasteiger partial charge in [-0.2, -0.15) is 0 Å². The third-order valence-corrected chi connectivity index (χ3v) is 2.10. The number of nitrogens with zero attached hydrogens (tertiary/aromatic N) is 1. The smallest absolute Gasteiger partial charge is 0.343 e. The van der Waals surface area contributed by atoms with Gasteiger partial charge in [0.05, 0.1) is 14.2 Å². The highest BCUT2D eigenvalue weighted by atomic mass is 79.9. The lowest BCUT2D eigenvalue weighted by Crippen LogP contribution is -2.05. The van der Waals surface area contributed by atoms with Crippen molar-refractivity contribution in [1.82, 2.24) is 4.98 Å². The zero-order chi connectivity index (χ0) is 10.7. The lowest BCUT2D eigenvalue weighted by atomic mass is 10.2. The first-order valence-corrected chi connectivity index (χ1v) is 4.41. The molecule has 1 rings (SSSR count). The topological polar surface area (TPSA) is 68.7 Å². The van der Waals surface area contributed by atoms with Crippen molar-refractivity contribution in [3.05, 3.63) is 16.2 Å². The van der Waals surface area contributed by atoms with Crippen molar-refractivity contribution < 1.29 is 19.4 Å². The lowest BCUT2D eigenvalue weighted by Gasteiger charge is -2.06. The van der Waals surface area contributed by atoms with Gasteiger partial charge >= 0.3 is 5.97 Å². The Labute approximate surface area is 88.8 Å². The summed E-state index contributed by atoms with van der Waals surface area (Å²) < 4.78 is 9.55. The number of esters is 1. The van der Waals surface area contributed by atoms with Gasteiger partial charge in [0.15, 0.2) is 4.60 Å². The molecule has 14 heavy (non-hydrogen) atoms. The molecule has 1 aromatic rings. The molecule has 0 bridgehead atoms. The van der Waals surface area contributed by atoms with Crippen LogP contribution in [-0.2, 0) is 4.74 Å². The molecule has 0 spiro atoms. The Balaban J connectivity index is 3.27. The highest BCUT2D eigenvalue weighted by molar-refractivity contribution is 9.10. The van der Waals surface area contributed by atoms with Crippen molar-refractivity contribution in [3.63, 3.8) is 0 Å². The number of halogens is 1. The first kappa shape index (κ1) is 10.8. The van der Waals surface area contributed by atoms with Gasteiger partial charge in [-0.1, -0.05) is 0 Å². The summed E-state index contributed by atoms with van der Waals surface area (Å²) >= 11 is 3.00. The summed E-state index contributed by atoms with van der Waals surface area (Å²) in [4.78, 5) is 15.0. The monoisotopic (exact) mass is 261 g/mol. The molecular formula is C8H8BrNO4. The maximum Gasteiger partial charge on any atom is 0.343 e. The SMILES string of the molecule is COC(=O)c1cc(O)c(Br)nc1OC. The standard InChI is InChI=1S/C8H8BrNO4/c1-13-7-4(8(12)14-2)3-5(11)6(9)10-7/h3,11H,1-2H3. The molecule has 0 radical (unpaired) electrons. The summed E-state index contributed by atoms with van der Waals surface area (Å²) in [6.07, 6.45) is 0. The fourth-order valence-electron chi connectivity index (χ4n) is 0.876. The van der Waals surface area contributed by atoms with E-state index in [0.717, 1.165) is 0 Å².